The fourth-order valence-electron chi connectivity index (χ4n) is 2.62. The molecule has 1 aliphatic rings. The largest absolute Gasteiger partial charge is 0.328 e. The van der Waals surface area contributed by atoms with E-state index < -0.39 is 0 Å². The first-order valence-corrected chi connectivity index (χ1v) is 6.26. The summed E-state index contributed by atoms with van der Waals surface area (Å²) in [5, 5.41) is 3.42. The van der Waals surface area contributed by atoms with E-state index in [4.69, 9.17) is 5.73 Å². The zero-order valence-electron chi connectivity index (χ0n) is 10.2. The molecule has 0 aromatic heterocycles. The van der Waals surface area contributed by atoms with Crippen LogP contribution in [0.3, 0.4) is 0 Å². The second kappa shape index (κ2) is 4.98. The van der Waals surface area contributed by atoms with Crippen LogP contribution in [-0.2, 0) is 6.42 Å². The van der Waals surface area contributed by atoms with Crippen LogP contribution < -0.4 is 11.1 Å². The Labute approximate surface area is 98.2 Å². The number of aryl methyl sites for hydroxylation is 1. The van der Waals surface area contributed by atoms with Gasteiger partial charge >= 0.3 is 0 Å². The molecule has 2 rings (SSSR count). The molecular weight excluding hydrogens is 196 g/mol. The highest BCUT2D eigenvalue weighted by Crippen LogP contribution is 2.36. The van der Waals surface area contributed by atoms with Gasteiger partial charge in [-0.1, -0.05) is 31.2 Å². The van der Waals surface area contributed by atoms with Crippen LogP contribution in [0, 0.1) is 5.92 Å². The fraction of sp³-hybridized carbons (Fsp3) is 0.571. The molecule has 0 saturated heterocycles. The third kappa shape index (κ3) is 2.28. The third-order valence-electron chi connectivity index (χ3n) is 3.74. The van der Waals surface area contributed by atoms with Crippen LogP contribution in [0.15, 0.2) is 24.3 Å². The van der Waals surface area contributed by atoms with Crippen molar-refractivity contribution in [2.75, 3.05) is 7.05 Å². The molecular formula is C14H22N2. The monoisotopic (exact) mass is 218 g/mol. The second-order valence-corrected chi connectivity index (χ2v) is 4.85. The van der Waals surface area contributed by atoms with Gasteiger partial charge in [0, 0.05) is 12.1 Å². The molecule has 1 unspecified atom stereocenters. The Kier molecular flexibility index (Phi) is 3.62. The summed E-state index contributed by atoms with van der Waals surface area (Å²) in [6.07, 6.45) is 3.42. The maximum Gasteiger partial charge on any atom is 0.0347 e. The highest BCUT2D eigenvalue weighted by molar-refractivity contribution is 5.26. The molecule has 0 amide bonds. The second-order valence-electron chi connectivity index (χ2n) is 4.85. The average molecular weight is 218 g/mol. The van der Waals surface area contributed by atoms with Crippen LogP contribution in [-0.4, -0.2) is 13.1 Å². The van der Waals surface area contributed by atoms with Gasteiger partial charge < -0.3 is 11.1 Å². The van der Waals surface area contributed by atoms with Gasteiger partial charge in [-0.05, 0) is 43.4 Å². The van der Waals surface area contributed by atoms with E-state index in [0.717, 1.165) is 19.3 Å². The van der Waals surface area contributed by atoms with Gasteiger partial charge in [-0.25, -0.2) is 0 Å². The molecule has 1 aromatic rings. The van der Waals surface area contributed by atoms with E-state index in [2.05, 4.69) is 36.5 Å². The minimum Gasteiger partial charge on any atom is -0.328 e. The quantitative estimate of drug-likeness (QED) is 0.813. The van der Waals surface area contributed by atoms with E-state index in [-0.39, 0.29) is 0 Å². The van der Waals surface area contributed by atoms with Crippen LogP contribution in [0.4, 0.5) is 0 Å². The van der Waals surface area contributed by atoms with Crippen molar-refractivity contribution in [1.29, 1.82) is 0 Å². The van der Waals surface area contributed by atoms with Gasteiger partial charge in [0.15, 0.2) is 0 Å². The molecule has 88 valence electrons. The van der Waals surface area contributed by atoms with E-state index in [1.54, 1.807) is 0 Å². The Morgan fingerprint density at radius 1 is 1.31 bits per heavy atom. The predicted molar refractivity (Wildman–Crippen MR) is 68.3 cm³/mol. The molecule has 1 atom stereocenters. The number of benzene rings is 1. The molecule has 1 saturated carbocycles. The summed E-state index contributed by atoms with van der Waals surface area (Å²) in [6, 6.07) is 9.88. The van der Waals surface area contributed by atoms with Crippen molar-refractivity contribution in [1.82, 2.24) is 5.32 Å². The Hall–Kier alpha value is -0.860. The van der Waals surface area contributed by atoms with E-state index in [0.29, 0.717) is 18.0 Å². The Morgan fingerprint density at radius 3 is 2.38 bits per heavy atom. The summed E-state index contributed by atoms with van der Waals surface area (Å²) in [5.41, 5.74) is 8.66. The molecule has 2 nitrogen and oxygen atoms in total. The van der Waals surface area contributed by atoms with E-state index in [1.807, 2.05) is 7.05 Å². The number of rotatable bonds is 4. The van der Waals surface area contributed by atoms with Crippen molar-refractivity contribution < 1.29 is 0 Å². The lowest BCUT2D eigenvalue weighted by Gasteiger charge is -2.38. The smallest absolute Gasteiger partial charge is 0.0347 e. The average Bonchev–Trinajstić information content (AvgIpc) is 2.28. The molecule has 0 radical (unpaired) electrons. The van der Waals surface area contributed by atoms with E-state index in [1.165, 1.54) is 11.1 Å². The normalized spacial score (nSPS) is 26.2. The lowest BCUT2D eigenvalue weighted by atomic mass is 9.74. The standard InChI is InChI=1S/C14H22N2/c1-3-10-4-6-11(7-5-10)14(16-2)12-8-13(15)9-12/h4-7,12-14,16H,3,8-9,15H2,1-2H3. The van der Waals surface area contributed by atoms with E-state index in [9.17, 15) is 0 Å². The summed E-state index contributed by atoms with van der Waals surface area (Å²) in [6.45, 7) is 2.19. The molecule has 1 aromatic carbocycles. The lowest BCUT2D eigenvalue weighted by molar-refractivity contribution is 0.204. The Bertz CT molecular complexity index is 325. The summed E-state index contributed by atoms with van der Waals surface area (Å²) in [7, 11) is 2.04. The highest BCUT2D eigenvalue weighted by atomic mass is 14.9. The molecule has 0 spiro atoms. The van der Waals surface area contributed by atoms with Crippen molar-refractivity contribution in [3.05, 3.63) is 35.4 Å². The van der Waals surface area contributed by atoms with Gasteiger partial charge in [-0.15, -0.1) is 0 Å². The van der Waals surface area contributed by atoms with Crippen LogP contribution in [0.1, 0.15) is 36.9 Å². The van der Waals surface area contributed by atoms with Crippen LogP contribution in [0.25, 0.3) is 0 Å². The van der Waals surface area contributed by atoms with Crippen molar-refractivity contribution in [3.8, 4) is 0 Å². The molecule has 1 aliphatic carbocycles. The third-order valence-corrected chi connectivity index (χ3v) is 3.74. The fourth-order valence-corrected chi connectivity index (χ4v) is 2.62. The minimum atomic E-state index is 0.427. The first kappa shape index (κ1) is 11.6. The zero-order valence-corrected chi connectivity index (χ0v) is 10.2. The van der Waals surface area contributed by atoms with Crippen molar-refractivity contribution in [2.24, 2.45) is 11.7 Å². The first-order valence-electron chi connectivity index (χ1n) is 6.26. The Morgan fingerprint density at radius 2 is 1.94 bits per heavy atom. The number of nitrogens with two attached hydrogens (primary N) is 1. The van der Waals surface area contributed by atoms with Crippen molar-refractivity contribution in [2.45, 2.75) is 38.3 Å². The molecule has 1 fully saturated rings. The molecule has 3 N–H and O–H groups in total. The number of nitrogens with one attached hydrogen (secondary N) is 1. The van der Waals surface area contributed by atoms with Crippen molar-refractivity contribution in [3.63, 3.8) is 0 Å². The molecule has 0 bridgehead atoms. The summed E-state index contributed by atoms with van der Waals surface area (Å²) >= 11 is 0. The van der Waals surface area contributed by atoms with Crippen molar-refractivity contribution >= 4 is 0 Å². The summed E-state index contributed by atoms with van der Waals surface area (Å²) in [4.78, 5) is 0. The molecule has 0 heterocycles. The molecule has 2 heteroatoms. The van der Waals surface area contributed by atoms with Gasteiger partial charge in [-0.3, -0.25) is 0 Å². The van der Waals surface area contributed by atoms with Gasteiger partial charge in [0.2, 0.25) is 0 Å². The SMILES string of the molecule is CCc1ccc(C(NC)C2CC(N)C2)cc1. The summed E-state index contributed by atoms with van der Waals surface area (Å²) in [5.74, 6) is 0.715. The van der Waals surface area contributed by atoms with Crippen LogP contribution in [0.2, 0.25) is 0 Å². The van der Waals surface area contributed by atoms with Gasteiger partial charge in [-0.2, -0.15) is 0 Å². The zero-order chi connectivity index (χ0) is 11.5. The molecule has 0 aliphatic heterocycles. The van der Waals surface area contributed by atoms with Crippen LogP contribution in [0.5, 0.6) is 0 Å². The highest BCUT2D eigenvalue weighted by Gasteiger charge is 2.32. The topological polar surface area (TPSA) is 38.0 Å². The summed E-state index contributed by atoms with van der Waals surface area (Å²) < 4.78 is 0. The number of hydrogen-bond acceptors (Lipinski definition) is 2. The van der Waals surface area contributed by atoms with Gasteiger partial charge in [0.1, 0.15) is 0 Å². The number of hydrogen-bond donors (Lipinski definition) is 2. The molecule has 16 heavy (non-hydrogen) atoms. The Balaban J connectivity index is 2.07. The maximum absolute atomic E-state index is 5.86. The van der Waals surface area contributed by atoms with E-state index >= 15 is 0 Å². The van der Waals surface area contributed by atoms with Gasteiger partial charge in [0.05, 0.1) is 0 Å². The lowest BCUT2D eigenvalue weighted by Crippen LogP contribution is -2.42. The van der Waals surface area contributed by atoms with Gasteiger partial charge in [0.25, 0.3) is 0 Å². The maximum atomic E-state index is 5.86. The minimum absolute atomic E-state index is 0.427. The first-order chi connectivity index (χ1) is 7.74. The predicted octanol–water partition coefficient (Wildman–Crippen LogP) is 2.25. The van der Waals surface area contributed by atoms with Crippen LogP contribution >= 0.6 is 0 Å².